The Morgan fingerprint density at radius 3 is 2.55 bits per heavy atom. The first-order valence-electron chi connectivity index (χ1n) is 5.75. The zero-order valence-electron chi connectivity index (χ0n) is 10.9. The molecule has 0 radical (unpaired) electrons. The maximum Gasteiger partial charge on any atom is 0.205 e. The number of pyridine rings is 2. The first kappa shape index (κ1) is 16.2. The Bertz CT molecular complexity index is 669. The van der Waals surface area contributed by atoms with Crippen molar-refractivity contribution in [1.29, 1.82) is 0 Å². The fraction of sp³-hybridized carbons (Fsp3) is 0.154. The molecule has 3 aromatic rings. The minimum atomic E-state index is 0. The molecule has 3 aromatic heterocycles. The number of halogens is 2. The summed E-state index contributed by atoms with van der Waals surface area (Å²) in [5.41, 5.74) is 2.96. The van der Waals surface area contributed by atoms with E-state index in [1.165, 1.54) is 5.56 Å². The average Bonchev–Trinajstić information content (AvgIpc) is 2.75. The molecule has 0 fully saturated rings. The summed E-state index contributed by atoms with van der Waals surface area (Å²) < 4.78 is 1.95. The van der Waals surface area contributed by atoms with E-state index in [2.05, 4.69) is 20.3 Å². The van der Waals surface area contributed by atoms with Gasteiger partial charge < -0.3 is 5.32 Å². The quantitative estimate of drug-likeness (QED) is 0.808. The molecule has 1 N–H and O–H groups in total. The number of hydrogen-bond acceptors (Lipinski definition) is 4. The van der Waals surface area contributed by atoms with Crippen LogP contribution >= 0.6 is 24.8 Å². The summed E-state index contributed by atoms with van der Waals surface area (Å²) in [4.78, 5) is 12.8. The first-order valence-corrected chi connectivity index (χ1v) is 5.75. The van der Waals surface area contributed by atoms with Gasteiger partial charge in [-0.1, -0.05) is 0 Å². The second kappa shape index (κ2) is 7.07. The van der Waals surface area contributed by atoms with Gasteiger partial charge in [-0.05, 0) is 29.8 Å². The third-order valence-corrected chi connectivity index (χ3v) is 2.83. The summed E-state index contributed by atoms with van der Waals surface area (Å²) in [7, 11) is 1.96. The summed E-state index contributed by atoms with van der Waals surface area (Å²) in [6.45, 7) is 0.722. The van der Waals surface area contributed by atoms with Crippen molar-refractivity contribution in [3.63, 3.8) is 0 Å². The standard InChI is InChI=1S/C13H13N5.2ClH/c1-18-12-11(3-2-6-15-12)17-13(18)16-9-10-4-7-14-8-5-10;;/h2-8H,9H2,1H3,(H,16,17);2*1H. The van der Waals surface area contributed by atoms with Gasteiger partial charge in [0.2, 0.25) is 5.95 Å². The highest BCUT2D eigenvalue weighted by Crippen LogP contribution is 2.15. The van der Waals surface area contributed by atoms with E-state index in [1.807, 2.05) is 35.9 Å². The van der Waals surface area contributed by atoms with Crippen molar-refractivity contribution in [2.45, 2.75) is 6.54 Å². The van der Waals surface area contributed by atoms with E-state index in [0.717, 1.165) is 23.7 Å². The van der Waals surface area contributed by atoms with Gasteiger partial charge in [0, 0.05) is 32.2 Å². The molecule has 0 aliphatic carbocycles. The van der Waals surface area contributed by atoms with E-state index in [4.69, 9.17) is 0 Å². The maximum atomic E-state index is 4.50. The van der Waals surface area contributed by atoms with E-state index in [9.17, 15) is 0 Å². The zero-order valence-corrected chi connectivity index (χ0v) is 12.5. The lowest BCUT2D eigenvalue weighted by Crippen LogP contribution is -2.05. The molecule has 3 rings (SSSR count). The van der Waals surface area contributed by atoms with Gasteiger partial charge in [0.25, 0.3) is 0 Å². The molecule has 106 valence electrons. The van der Waals surface area contributed by atoms with Crippen molar-refractivity contribution >= 4 is 41.9 Å². The highest BCUT2D eigenvalue weighted by atomic mass is 35.5. The smallest absolute Gasteiger partial charge is 0.205 e. The minimum absolute atomic E-state index is 0. The number of nitrogens with one attached hydrogen (secondary N) is 1. The summed E-state index contributed by atoms with van der Waals surface area (Å²) in [6, 6.07) is 7.81. The lowest BCUT2D eigenvalue weighted by molar-refractivity contribution is 0.914. The average molecular weight is 312 g/mol. The molecule has 7 heteroatoms. The van der Waals surface area contributed by atoms with Crippen molar-refractivity contribution in [3.05, 3.63) is 48.4 Å². The summed E-state index contributed by atoms with van der Waals surface area (Å²) >= 11 is 0. The molecule has 0 aliphatic rings. The van der Waals surface area contributed by atoms with Gasteiger partial charge in [0.1, 0.15) is 5.52 Å². The Hall–Kier alpha value is -1.85. The van der Waals surface area contributed by atoms with Gasteiger partial charge >= 0.3 is 0 Å². The van der Waals surface area contributed by atoms with Gasteiger partial charge in [-0.15, -0.1) is 24.8 Å². The van der Waals surface area contributed by atoms with Crippen molar-refractivity contribution in [2.75, 3.05) is 5.32 Å². The van der Waals surface area contributed by atoms with Crippen molar-refractivity contribution in [3.8, 4) is 0 Å². The molecule has 0 unspecified atom stereocenters. The number of imidazole rings is 1. The van der Waals surface area contributed by atoms with Crippen LogP contribution in [0.3, 0.4) is 0 Å². The Balaban J connectivity index is 0.000001000. The van der Waals surface area contributed by atoms with Crippen LogP contribution in [0.25, 0.3) is 11.2 Å². The molecule has 0 aliphatic heterocycles. The molecule has 0 bridgehead atoms. The third kappa shape index (κ3) is 3.18. The van der Waals surface area contributed by atoms with E-state index >= 15 is 0 Å². The fourth-order valence-corrected chi connectivity index (χ4v) is 1.86. The van der Waals surface area contributed by atoms with Gasteiger partial charge in [-0.3, -0.25) is 9.55 Å². The number of aromatic nitrogens is 4. The molecule has 0 atom stereocenters. The predicted octanol–water partition coefficient (Wildman–Crippen LogP) is 2.82. The van der Waals surface area contributed by atoms with Crippen LogP contribution in [0.2, 0.25) is 0 Å². The summed E-state index contributed by atoms with van der Waals surface area (Å²) in [6.07, 6.45) is 5.34. The lowest BCUT2D eigenvalue weighted by Gasteiger charge is -2.05. The van der Waals surface area contributed by atoms with Gasteiger partial charge in [0.15, 0.2) is 5.65 Å². The van der Waals surface area contributed by atoms with Crippen LogP contribution in [0.4, 0.5) is 5.95 Å². The highest BCUT2D eigenvalue weighted by molar-refractivity contribution is 5.85. The fourth-order valence-electron chi connectivity index (χ4n) is 1.86. The molecule has 0 saturated heterocycles. The van der Waals surface area contributed by atoms with Gasteiger partial charge in [-0.2, -0.15) is 0 Å². The molecule has 5 nitrogen and oxygen atoms in total. The Labute approximate surface area is 129 Å². The van der Waals surface area contributed by atoms with E-state index in [-0.39, 0.29) is 24.8 Å². The van der Waals surface area contributed by atoms with E-state index < -0.39 is 0 Å². The zero-order chi connectivity index (χ0) is 12.4. The van der Waals surface area contributed by atoms with E-state index in [1.54, 1.807) is 18.6 Å². The van der Waals surface area contributed by atoms with Gasteiger partial charge in [-0.25, -0.2) is 9.97 Å². The highest BCUT2D eigenvalue weighted by Gasteiger charge is 2.07. The van der Waals surface area contributed by atoms with Crippen LogP contribution in [-0.4, -0.2) is 19.5 Å². The van der Waals surface area contributed by atoms with Crippen LogP contribution in [0.15, 0.2) is 42.9 Å². The molecule has 0 amide bonds. The Morgan fingerprint density at radius 2 is 1.85 bits per heavy atom. The first-order chi connectivity index (χ1) is 8.84. The van der Waals surface area contributed by atoms with Crippen LogP contribution in [0.1, 0.15) is 5.56 Å². The molecule has 0 saturated carbocycles. The Morgan fingerprint density at radius 1 is 1.10 bits per heavy atom. The number of hydrogen-bond donors (Lipinski definition) is 1. The molecule has 0 spiro atoms. The summed E-state index contributed by atoms with van der Waals surface area (Å²) in [5, 5.41) is 3.30. The minimum Gasteiger partial charge on any atom is -0.352 e. The molecule has 20 heavy (non-hydrogen) atoms. The van der Waals surface area contributed by atoms with Gasteiger partial charge in [0.05, 0.1) is 0 Å². The van der Waals surface area contributed by atoms with Crippen LogP contribution in [-0.2, 0) is 13.6 Å². The Kier molecular flexibility index (Phi) is 5.73. The van der Waals surface area contributed by atoms with Crippen molar-refractivity contribution < 1.29 is 0 Å². The molecular formula is C13H15Cl2N5. The monoisotopic (exact) mass is 311 g/mol. The van der Waals surface area contributed by atoms with Crippen LogP contribution < -0.4 is 5.32 Å². The second-order valence-electron chi connectivity index (χ2n) is 4.05. The molecular weight excluding hydrogens is 297 g/mol. The molecule has 3 heterocycles. The second-order valence-corrected chi connectivity index (χ2v) is 4.05. The normalized spacial score (nSPS) is 9.65. The van der Waals surface area contributed by atoms with Crippen molar-refractivity contribution in [1.82, 2.24) is 19.5 Å². The van der Waals surface area contributed by atoms with Crippen LogP contribution in [0, 0.1) is 0 Å². The number of rotatable bonds is 3. The predicted molar refractivity (Wildman–Crippen MR) is 84.6 cm³/mol. The SMILES string of the molecule is Cl.Cl.Cn1c(NCc2ccncc2)nc2cccnc21. The lowest BCUT2D eigenvalue weighted by atomic mass is 10.3. The number of nitrogens with zero attached hydrogens (tertiary/aromatic N) is 4. The van der Waals surface area contributed by atoms with Crippen LogP contribution in [0.5, 0.6) is 0 Å². The molecule has 0 aromatic carbocycles. The number of aryl methyl sites for hydroxylation is 1. The third-order valence-electron chi connectivity index (χ3n) is 2.83. The summed E-state index contributed by atoms with van der Waals surface area (Å²) in [5.74, 6) is 0.820. The van der Waals surface area contributed by atoms with E-state index in [0.29, 0.717) is 0 Å². The largest absolute Gasteiger partial charge is 0.352 e. The maximum absolute atomic E-state index is 4.50. The van der Waals surface area contributed by atoms with Crippen molar-refractivity contribution in [2.24, 2.45) is 7.05 Å². The topological polar surface area (TPSA) is 55.6 Å². The number of fused-ring (bicyclic) bond motifs is 1. The number of anilines is 1.